The zero-order chi connectivity index (χ0) is 15.1. The van der Waals surface area contributed by atoms with Gasteiger partial charge in [-0.1, -0.05) is 12.1 Å². The lowest BCUT2D eigenvalue weighted by molar-refractivity contribution is 0.108. The van der Waals surface area contributed by atoms with Crippen molar-refractivity contribution >= 4 is 0 Å². The van der Waals surface area contributed by atoms with Gasteiger partial charge in [-0.3, -0.25) is 0 Å². The van der Waals surface area contributed by atoms with E-state index in [1.807, 2.05) is 19.1 Å². The highest BCUT2D eigenvalue weighted by Crippen LogP contribution is 2.31. The van der Waals surface area contributed by atoms with Crippen LogP contribution in [0.2, 0.25) is 0 Å². The molecule has 1 fully saturated rings. The van der Waals surface area contributed by atoms with E-state index in [0.29, 0.717) is 12.5 Å². The van der Waals surface area contributed by atoms with Crippen LogP contribution in [0.1, 0.15) is 38.2 Å². The van der Waals surface area contributed by atoms with Crippen molar-refractivity contribution in [3.05, 3.63) is 23.8 Å². The summed E-state index contributed by atoms with van der Waals surface area (Å²) in [6.45, 7) is 4.39. The van der Waals surface area contributed by atoms with Crippen molar-refractivity contribution in [3.8, 4) is 11.5 Å². The molecule has 0 saturated heterocycles. The summed E-state index contributed by atoms with van der Waals surface area (Å²) >= 11 is 0. The Morgan fingerprint density at radius 1 is 1.24 bits per heavy atom. The Morgan fingerprint density at radius 2 is 2.00 bits per heavy atom. The molecule has 0 unspecified atom stereocenters. The molecule has 21 heavy (non-hydrogen) atoms. The molecule has 0 heterocycles. The van der Waals surface area contributed by atoms with E-state index in [1.54, 1.807) is 7.11 Å². The molecule has 118 valence electrons. The van der Waals surface area contributed by atoms with Gasteiger partial charge in [0.2, 0.25) is 0 Å². The van der Waals surface area contributed by atoms with E-state index in [2.05, 4.69) is 11.4 Å². The standard InChI is InChI=1S/C17H27NO3/c1-3-21-16-6-4-5-14(17(16)20-2)12-18-11-13-7-9-15(19)10-8-13/h4-6,13,15,18-19H,3,7-12H2,1-2H3. The van der Waals surface area contributed by atoms with Gasteiger partial charge >= 0.3 is 0 Å². The predicted molar refractivity (Wildman–Crippen MR) is 83.8 cm³/mol. The molecular weight excluding hydrogens is 266 g/mol. The molecule has 1 aliphatic carbocycles. The number of aliphatic hydroxyl groups excluding tert-OH is 1. The number of methoxy groups -OCH3 is 1. The third kappa shape index (κ3) is 4.61. The predicted octanol–water partition coefficient (Wildman–Crippen LogP) is 2.73. The van der Waals surface area contributed by atoms with E-state index in [9.17, 15) is 5.11 Å². The number of hydrogen-bond donors (Lipinski definition) is 2. The van der Waals surface area contributed by atoms with Gasteiger partial charge < -0.3 is 19.9 Å². The molecule has 2 rings (SSSR count). The fourth-order valence-corrected chi connectivity index (χ4v) is 2.96. The van der Waals surface area contributed by atoms with E-state index in [1.165, 1.54) is 0 Å². The van der Waals surface area contributed by atoms with Crippen molar-refractivity contribution in [2.45, 2.75) is 45.3 Å². The van der Waals surface area contributed by atoms with Crippen molar-refractivity contribution in [2.24, 2.45) is 5.92 Å². The summed E-state index contributed by atoms with van der Waals surface area (Å²) in [6, 6.07) is 6.01. The Kier molecular flexibility index (Phi) is 6.33. The van der Waals surface area contributed by atoms with Gasteiger partial charge in [-0.05, 0) is 51.1 Å². The van der Waals surface area contributed by atoms with E-state index < -0.39 is 0 Å². The molecule has 4 heteroatoms. The van der Waals surface area contributed by atoms with Crippen LogP contribution in [-0.4, -0.2) is 31.5 Å². The van der Waals surface area contributed by atoms with Crippen molar-refractivity contribution in [1.82, 2.24) is 5.32 Å². The topological polar surface area (TPSA) is 50.7 Å². The highest BCUT2D eigenvalue weighted by atomic mass is 16.5. The first kappa shape index (κ1) is 16.1. The monoisotopic (exact) mass is 293 g/mol. The van der Waals surface area contributed by atoms with E-state index in [4.69, 9.17) is 9.47 Å². The maximum Gasteiger partial charge on any atom is 0.165 e. The minimum atomic E-state index is -0.0794. The van der Waals surface area contributed by atoms with Crippen LogP contribution in [0.4, 0.5) is 0 Å². The number of benzene rings is 1. The highest BCUT2D eigenvalue weighted by molar-refractivity contribution is 5.46. The minimum absolute atomic E-state index is 0.0794. The van der Waals surface area contributed by atoms with Crippen LogP contribution >= 0.6 is 0 Å². The summed E-state index contributed by atoms with van der Waals surface area (Å²) in [5.41, 5.74) is 1.12. The molecule has 0 aliphatic heterocycles. The highest BCUT2D eigenvalue weighted by Gasteiger charge is 2.19. The summed E-state index contributed by atoms with van der Waals surface area (Å²) in [5.74, 6) is 2.31. The fourth-order valence-electron chi connectivity index (χ4n) is 2.96. The molecule has 1 aromatic carbocycles. The third-order valence-corrected chi connectivity index (χ3v) is 4.13. The van der Waals surface area contributed by atoms with Crippen LogP contribution in [-0.2, 0) is 6.54 Å². The fraction of sp³-hybridized carbons (Fsp3) is 0.647. The maximum absolute atomic E-state index is 9.53. The zero-order valence-electron chi connectivity index (χ0n) is 13.1. The second kappa shape index (κ2) is 8.25. The molecule has 1 aromatic rings. The lowest BCUT2D eigenvalue weighted by atomic mass is 9.87. The van der Waals surface area contributed by atoms with E-state index in [-0.39, 0.29) is 6.10 Å². The quantitative estimate of drug-likeness (QED) is 0.811. The van der Waals surface area contributed by atoms with Gasteiger partial charge in [0.05, 0.1) is 19.8 Å². The smallest absolute Gasteiger partial charge is 0.165 e. The average Bonchev–Trinajstić information content (AvgIpc) is 2.50. The third-order valence-electron chi connectivity index (χ3n) is 4.13. The molecule has 0 bridgehead atoms. The molecule has 1 saturated carbocycles. The van der Waals surface area contributed by atoms with Crippen molar-refractivity contribution in [2.75, 3.05) is 20.3 Å². The first-order valence-electron chi connectivity index (χ1n) is 7.92. The Balaban J connectivity index is 1.86. The lowest BCUT2D eigenvalue weighted by Crippen LogP contribution is -2.27. The lowest BCUT2D eigenvalue weighted by Gasteiger charge is -2.25. The van der Waals surface area contributed by atoms with Crippen LogP contribution < -0.4 is 14.8 Å². The Morgan fingerprint density at radius 3 is 2.67 bits per heavy atom. The molecule has 0 atom stereocenters. The van der Waals surface area contributed by atoms with Gasteiger partial charge in [0.15, 0.2) is 11.5 Å². The normalized spacial score (nSPS) is 22.0. The second-order valence-electron chi connectivity index (χ2n) is 5.69. The number of rotatable bonds is 7. The largest absolute Gasteiger partial charge is 0.493 e. The summed E-state index contributed by atoms with van der Waals surface area (Å²) in [5, 5.41) is 13.0. The average molecular weight is 293 g/mol. The second-order valence-corrected chi connectivity index (χ2v) is 5.69. The van der Waals surface area contributed by atoms with Gasteiger partial charge in [0.25, 0.3) is 0 Å². The Hall–Kier alpha value is -1.26. The SMILES string of the molecule is CCOc1cccc(CNCC2CCC(O)CC2)c1OC. The van der Waals surface area contributed by atoms with Crippen LogP contribution in [0.15, 0.2) is 18.2 Å². The molecule has 4 nitrogen and oxygen atoms in total. The Bertz CT molecular complexity index is 428. The first-order valence-corrected chi connectivity index (χ1v) is 7.92. The zero-order valence-corrected chi connectivity index (χ0v) is 13.1. The van der Waals surface area contributed by atoms with Gasteiger partial charge in [-0.25, -0.2) is 0 Å². The van der Waals surface area contributed by atoms with Crippen LogP contribution in [0, 0.1) is 5.92 Å². The number of hydrogen-bond acceptors (Lipinski definition) is 4. The van der Waals surface area contributed by atoms with Gasteiger partial charge in [0, 0.05) is 12.1 Å². The van der Waals surface area contributed by atoms with Crippen molar-refractivity contribution in [1.29, 1.82) is 0 Å². The minimum Gasteiger partial charge on any atom is -0.493 e. The van der Waals surface area contributed by atoms with Crippen LogP contribution in [0.5, 0.6) is 11.5 Å². The molecule has 1 aliphatic rings. The summed E-state index contributed by atoms with van der Waals surface area (Å²) < 4.78 is 11.1. The van der Waals surface area contributed by atoms with Crippen LogP contribution in [0.3, 0.4) is 0 Å². The van der Waals surface area contributed by atoms with E-state index >= 15 is 0 Å². The van der Waals surface area contributed by atoms with Gasteiger partial charge in [0.1, 0.15) is 0 Å². The molecule has 0 radical (unpaired) electrons. The van der Waals surface area contributed by atoms with Crippen molar-refractivity contribution in [3.63, 3.8) is 0 Å². The summed E-state index contributed by atoms with van der Waals surface area (Å²) in [7, 11) is 1.68. The molecule has 2 N–H and O–H groups in total. The first-order chi connectivity index (χ1) is 10.2. The number of para-hydroxylation sites is 1. The van der Waals surface area contributed by atoms with E-state index in [0.717, 1.165) is 55.8 Å². The molecule has 0 spiro atoms. The molecular formula is C17H27NO3. The maximum atomic E-state index is 9.53. The van der Waals surface area contributed by atoms with Crippen LogP contribution in [0.25, 0.3) is 0 Å². The number of ether oxygens (including phenoxy) is 2. The Labute approximate surface area is 127 Å². The number of nitrogens with one attached hydrogen (secondary N) is 1. The van der Waals surface area contributed by atoms with Gasteiger partial charge in [-0.2, -0.15) is 0 Å². The summed E-state index contributed by atoms with van der Waals surface area (Å²) in [4.78, 5) is 0. The summed E-state index contributed by atoms with van der Waals surface area (Å²) in [6.07, 6.45) is 4.03. The molecule has 0 amide bonds. The number of aliphatic hydroxyl groups is 1. The van der Waals surface area contributed by atoms with Gasteiger partial charge in [-0.15, -0.1) is 0 Å². The molecule has 0 aromatic heterocycles. The van der Waals surface area contributed by atoms with Crippen molar-refractivity contribution < 1.29 is 14.6 Å².